The third-order valence-corrected chi connectivity index (χ3v) is 5.13. The van der Waals surface area contributed by atoms with E-state index in [2.05, 4.69) is 20.6 Å². The van der Waals surface area contributed by atoms with Gasteiger partial charge in [-0.2, -0.15) is 13.2 Å². The molecule has 10 heteroatoms. The van der Waals surface area contributed by atoms with Gasteiger partial charge in [-0.1, -0.05) is 6.07 Å². The smallest absolute Gasteiger partial charge is 0.340 e. The van der Waals surface area contributed by atoms with E-state index in [4.69, 9.17) is 0 Å². The first-order chi connectivity index (χ1) is 13.3. The Morgan fingerprint density at radius 2 is 2.00 bits per heavy atom. The van der Waals surface area contributed by atoms with E-state index >= 15 is 0 Å². The maximum Gasteiger partial charge on any atom is 0.416 e. The van der Waals surface area contributed by atoms with Crippen molar-refractivity contribution in [2.75, 3.05) is 18.2 Å². The standard InChI is InChI=1S/C18H18F3N5OS/c1-22-11-28(27)14-7-15(16-9-26(2)10-24-16)17(23-8-14)25-13-5-3-4-12(6-13)18(19,20)21/h3-10,22H,11H2,1-2H3,(H,23,25). The molecule has 0 saturated carbocycles. The molecule has 2 heterocycles. The van der Waals surface area contributed by atoms with Crippen LogP contribution in [0.15, 0.2) is 53.9 Å². The molecule has 0 saturated heterocycles. The quantitative estimate of drug-likeness (QED) is 0.652. The Bertz CT molecular complexity index is 1000. The number of anilines is 2. The van der Waals surface area contributed by atoms with Gasteiger partial charge in [-0.3, -0.25) is 4.21 Å². The first-order valence-electron chi connectivity index (χ1n) is 8.23. The van der Waals surface area contributed by atoms with Gasteiger partial charge in [-0.15, -0.1) is 0 Å². The average Bonchev–Trinajstić information content (AvgIpc) is 3.08. The van der Waals surface area contributed by atoms with Gasteiger partial charge < -0.3 is 15.2 Å². The number of imidazole rings is 1. The predicted molar refractivity (Wildman–Crippen MR) is 102 cm³/mol. The molecule has 1 atom stereocenters. The molecular formula is C18H18F3N5OS. The molecule has 0 bridgehead atoms. The Balaban J connectivity index is 2.02. The molecular weight excluding hydrogens is 391 g/mol. The molecule has 1 unspecified atom stereocenters. The van der Waals surface area contributed by atoms with E-state index in [1.807, 2.05) is 0 Å². The van der Waals surface area contributed by atoms with Gasteiger partial charge >= 0.3 is 6.18 Å². The number of benzene rings is 1. The molecule has 3 aromatic rings. The Hall–Kier alpha value is -2.72. The summed E-state index contributed by atoms with van der Waals surface area (Å²) in [6, 6.07) is 6.53. The highest BCUT2D eigenvalue weighted by Gasteiger charge is 2.30. The molecule has 0 amide bonds. The fourth-order valence-corrected chi connectivity index (χ4v) is 3.39. The lowest BCUT2D eigenvalue weighted by molar-refractivity contribution is -0.137. The van der Waals surface area contributed by atoms with Crippen LogP contribution in [0, 0.1) is 0 Å². The predicted octanol–water partition coefficient (Wildman–Crippen LogP) is 3.53. The van der Waals surface area contributed by atoms with Crippen LogP contribution >= 0.6 is 0 Å². The molecule has 0 aliphatic carbocycles. The van der Waals surface area contributed by atoms with Crippen LogP contribution < -0.4 is 10.6 Å². The molecule has 0 radical (unpaired) electrons. The van der Waals surface area contributed by atoms with Gasteiger partial charge in [-0.05, 0) is 31.3 Å². The van der Waals surface area contributed by atoms with Crippen LogP contribution in [-0.4, -0.2) is 31.7 Å². The molecule has 3 rings (SSSR count). The molecule has 1 aromatic carbocycles. The summed E-state index contributed by atoms with van der Waals surface area (Å²) < 4.78 is 52.9. The maximum absolute atomic E-state index is 13.0. The Kier molecular flexibility index (Phi) is 5.80. The van der Waals surface area contributed by atoms with Gasteiger partial charge in [-0.25, -0.2) is 9.97 Å². The number of hydrogen-bond donors (Lipinski definition) is 2. The van der Waals surface area contributed by atoms with Gasteiger partial charge in [0.05, 0.1) is 39.2 Å². The van der Waals surface area contributed by atoms with Crippen molar-refractivity contribution in [2.24, 2.45) is 7.05 Å². The minimum atomic E-state index is -4.44. The number of alkyl halides is 3. The number of halogens is 3. The maximum atomic E-state index is 13.0. The van der Waals surface area contributed by atoms with Gasteiger partial charge in [0.25, 0.3) is 0 Å². The third kappa shape index (κ3) is 4.57. The second-order valence-corrected chi connectivity index (χ2v) is 7.49. The fraction of sp³-hybridized carbons (Fsp3) is 0.222. The second kappa shape index (κ2) is 8.11. The summed E-state index contributed by atoms with van der Waals surface area (Å²) in [7, 11) is 2.17. The van der Waals surface area contributed by atoms with Crippen LogP contribution in [0.1, 0.15) is 5.56 Å². The summed E-state index contributed by atoms with van der Waals surface area (Å²) in [5.74, 6) is 0.576. The van der Waals surface area contributed by atoms with Crippen LogP contribution in [-0.2, 0) is 24.0 Å². The normalized spacial score (nSPS) is 12.8. The first kappa shape index (κ1) is 20.0. The van der Waals surface area contributed by atoms with Crippen molar-refractivity contribution in [1.29, 1.82) is 0 Å². The zero-order valence-corrected chi connectivity index (χ0v) is 15.9. The second-order valence-electron chi connectivity index (χ2n) is 6.04. The van der Waals surface area contributed by atoms with Gasteiger partial charge in [0.15, 0.2) is 0 Å². The summed E-state index contributed by atoms with van der Waals surface area (Å²) in [4.78, 5) is 9.06. The highest BCUT2D eigenvalue weighted by atomic mass is 32.2. The van der Waals surface area contributed by atoms with E-state index in [9.17, 15) is 17.4 Å². The number of rotatable bonds is 6. The van der Waals surface area contributed by atoms with Crippen LogP contribution in [0.4, 0.5) is 24.7 Å². The minimum Gasteiger partial charge on any atom is -0.340 e. The summed E-state index contributed by atoms with van der Waals surface area (Å²) in [5.41, 5.74) is 0.583. The lowest BCUT2D eigenvalue weighted by Gasteiger charge is -2.13. The molecule has 6 nitrogen and oxygen atoms in total. The monoisotopic (exact) mass is 409 g/mol. The van der Waals surface area contributed by atoms with Crippen LogP contribution in [0.2, 0.25) is 0 Å². The fourth-order valence-electron chi connectivity index (χ4n) is 2.54. The zero-order valence-electron chi connectivity index (χ0n) is 15.1. The van der Waals surface area contributed by atoms with Crippen LogP contribution in [0.3, 0.4) is 0 Å². The van der Waals surface area contributed by atoms with E-state index < -0.39 is 22.5 Å². The molecule has 0 fully saturated rings. The summed E-state index contributed by atoms with van der Waals surface area (Å²) in [6.07, 6.45) is 0.346. The van der Waals surface area contributed by atoms with Gasteiger partial charge in [0.2, 0.25) is 0 Å². The SMILES string of the molecule is CNCS(=O)c1cnc(Nc2cccc(C(F)(F)F)c2)c(-c2cn(C)cn2)c1. The van der Waals surface area contributed by atoms with Crippen molar-refractivity contribution in [2.45, 2.75) is 11.1 Å². The molecule has 28 heavy (non-hydrogen) atoms. The van der Waals surface area contributed by atoms with E-state index in [0.717, 1.165) is 12.1 Å². The van der Waals surface area contributed by atoms with Crippen molar-refractivity contribution in [3.63, 3.8) is 0 Å². The highest BCUT2D eigenvalue weighted by molar-refractivity contribution is 7.85. The Labute approximate surface area is 162 Å². The van der Waals surface area contributed by atoms with Crippen LogP contribution in [0.5, 0.6) is 0 Å². The first-order valence-corrected chi connectivity index (χ1v) is 9.55. The Morgan fingerprint density at radius 3 is 2.64 bits per heavy atom. The molecule has 0 aliphatic rings. The molecule has 2 aromatic heterocycles. The lowest BCUT2D eigenvalue weighted by atomic mass is 10.1. The Morgan fingerprint density at radius 1 is 1.21 bits per heavy atom. The number of hydrogen-bond acceptors (Lipinski definition) is 5. The number of nitrogens with one attached hydrogen (secondary N) is 2. The number of nitrogens with zero attached hydrogens (tertiary/aromatic N) is 3. The van der Waals surface area contributed by atoms with E-state index in [0.29, 0.717) is 22.0 Å². The number of aryl methyl sites for hydroxylation is 1. The van der Waals surface area contributed by atoms with Crippen molar-refractivity contribution in [3.8, 4) is 11.3 Å². The van der Waals surface area contributed by atoms with E-state index in [-0.39, 0.29) is 11.6 Å². The van der Waals surface area contributed by atoms with E-state index in [1.54, 1.807) is 37.3 Å². The molecule has 148 valence electrons. The topological polar surface area (TPSA) is 71.8 Å². The lowest BCUT2D eigenvalue weighted by Crippen LogP contribution is -2.14. The zero-order chi connectivity index (χ0) is 20.3. The summed E-state index contributed by atoms with van der Waals surface area (Å²) in [6.45, 7) is 0. The number of aromatic nitrogens is 3. The molecule has 0 spiro atoms. The van der Waals surface area contributed by atoms with Crippen molar-refractivity contribution >= 4 is 22.3 Å². The van der Waals surface area contributed by atoms with Gasteiger partial charge in [0, 0.05) is 30.7 Å². The largest absolute Gasteiger partial charge is 0.416 e. The van der Waals surface area contributed by atoms with Crippen molar-refractivity contribution in [3.05, 3.63) is 54.6 Å². The third-order valence-electron chi connectivity index (χ3n) is 3.83. The van der Waals surface area contributed by atoms with Crippen LogP contribution in [0.25, 0.3) is 11.3 Å². The van der Waals surface area contributed by atoms with Crippen molar-refractivity contribution < 1.29 is 17.4 Å². The average molecular weight is 409 g/mol. The summed E-state index contributed by atoms with van der Waals surface area (Å²) in [5, 5.41) is 5.75. The van der Waals surface area contributed by atoms with Crippen molar-refractivity contribution in [1.82, 2.24) is 19.9 Å². The molecule has 0 aliphatic heterocycles. The molecule has 2 N–H and O–H groups in total. The highest BCUT2D eigenvalue weighted by Crippen LogP contribution is 2.33. The minimum absolute atomic E-state index is 0.239. The van der Waals surface area contributed by atoms with Gasteiger partial charge in [0.1, 0.15) is 5.82 Å². The number of pyridine rings is 1. The van der Waals surface area contributed by atoms with E-state index in [1.165, 1.54) is 18.3 Å². The summed E-state index contributed by atoms with van der Waals surface area (Å²) >= 11 is 0.